The standard InChI is InChI=1S/C18H25NS/c1-13(2)10-18(16-8-6-5-7-9-16)19-12-17-11-14(3)15(4)20-17/h5-9,11,13,18-19H,10,12H2,1-4H3. The van der Waals surface area contributed by atoms with Crippen LogP contribution in [0.3, 0.4) is 0 Å². The minimum atomic E-state index is 0.443. The number of nitrogens with one attached hydrogen (secondary N) is 1. The number of hydrogen-bond acceptors (Lipinski definition) is 2. The van der Waals surface area contributed by atoms with E-state index in [0.717, 1.165) is 6.54 Å². The van der Waals surface area contributed by atoms with Crippen LogP contribution in [0.2, 0.25) is 0 Å². The van der Waals surface area contributed by atoms with Gasteiger partial charge in [0.05, 0.1) is 0 Å². The molecule has 0 bridgehead atoms. The van der Waals surface area contributed by atoms with Crippen molar-refractivity contribution in [1.29, 1.82) is 0 Å². The molecule has 2 rings (SSSR count). The van der Waals surface area contributed by atoms with Crippen molar-refractivity contribution in [3.05, 3.63) is 57.3 Å². The van der Waals surface area contributed by atoms with Gasteiger partial charge in [0.2, 0.25) is 0 Å². The van der Waals surface area contributed by atoms with E-state index >= 15 is 0 Å². The molecule has 0 fully saturated rings. The third-order valence-electron chi connectivity index (χ3n) is 3.65. The number of rotatable bonds is 6. The normalized spacial score (nSPS) is 12.8. The van der Waals surface area contributed by atoms with Crippen LogP contribution in [0.5, 0.6) is 0 Å². The summed E-state index contributed by atoms with van der Waals surface area (Å²) in [5, 5.41) is 3.73. The monoisotopic (exact) mass is 287 g/mol. The zero-order chi connectivity index (χ0) is 14.5. The fourth-order valence-electron chi connectivity index (χ4n) is 2.45. The molecule has 108 valence electrons. The number of hydrogen-bond donors (Lipinski definition) is 1. The summed E-state index contributed by atoms with van der Waals surface area (Å²) in [6, 6.07) is 13.6. The van der Waals surface area contributed by atoms with Crippen LogP contribution in [0.4, 0.5) is 0 Å². The lowest BCUT2D eigenvalue weighted by atomic mass is 9.97. The lowest BCUT2D eigenvalue weighted by Gasteiger charge is -2.21. The molecule has 1 N–H and O–H groups in total. The first-order valence-corrected chi connectivity index (χ1v) is 8.22. The van der Waals surface area contributed by atoms with E-state index in [1.165, 1.54) is 27.3 Å². The number of benzene rings is 1. The molecule has 0 aliphatic carbocycles. The molecule has 2 aromatic rings. The Bertz CT molecular complexity index is 508. The molecule has 20 heavy (non-hydrogen) atoms. The van der Waals surface area contributed by atoms with E-state index in [9.17, 15) is 0 Å². The van der Waals surface area contributed by atoms with Crippen molar-refractivity contribution in [3.63, 3.8) is 0 Å². The van der Waals surface area contributed by atoms with Crippen molar-refractivity contribution in [2.45, 2.75) is 46.7 Å². The Morgan fingerprint density at radius 2 is 1.80 bits per heavy atom. The van der Waals surface area contributed by atoms with E-state index in [0.29, 0.717) is 12.0 Å². The van der Waals surface area contributed by atoms with Gasteiger partial charge in [-0.15, -0.1) is 11.3 Å². The van der Waals surface area contributed by atoms with Gasteiger partial charge in [0.15, 0.2) is 0 Å². The topological polar surface area (TPSA) is 12.0 Å². The van der Waals surface area contributed by atoms with Gasteiger partial charge >= 0.3 is 0 Å². The summed E-state index contributed by atoms with van der Waals surface area (Å²) in [5.74, 6) is 0.694. The molecule has 0 radical (unpaired) electrons. The minimum absolute atomic E-state index is 0.443. The molecular weight excluding hydrogens is 262 g/mol. The Hall–Kier alpha value is -1.12. The predicted molar refractivity (Wildman–Crippen MR) is 89.3 cm³/mol. The summed E-state index contributed by atoms with van der Waals surface area (Å²) in [6.07, 6.45) is 1.17. The van der Waals surface area contributed by atoms with E-state index in [1.54, 1.807) is 0 Å². The second-order valence-corrected chi connectivity index (χ2v) is 7.27. The molecule has 1 aromatic heterocycles. The molecule has 1 heterocycles. The van der Waals surface area contributed by atoms with Crippen LogP contribution in [0, 0.1) is 19.8 Å². The van der Waals surface area contributed by atoms with Gasteiger partial charge in [-0.2, -0.15) is 0 Å². The summed E-state index contributed by atoms with van der Waals surface area (Å²) in [6.45, 7) is 9.93. The van der Waals surface area contributed by atoms with E-state index in [1.807, 2.05) is 11.3 Å². The Kier molecular flexibility index (Phi) is 5.38. The Balaban J connectivity index is 2.04. The van der Waals surface area contributed by atoms with Gasteiger partial charge in [0.25, 0.3) is 0 Å². The van der Waals surface area contributed by atoms with Crippen LogP contribution in [0.25, 0.3) is 0 Å². The average molecular weight is 287 g/mol. The molecule has 0 spiro atoms. The Morgan fingerprint density at radius 3 is 2.35 bits per heavy atom. The Morgan fingerprint density at radius 1 is 1.10 bits per heavy atom. The Labute approximate surface area is 127 Å². The van der Waals surface area contributed by atoms with Gasteiger partial charge in [-0.05, 0) is 43.4 Å². The lowest BCUT2D eigenvalue weighted by molar-refractivity contribution is 0.430. The molecule has 1 aromatic carbocycles. The molecule has 1 nitrogen and oxygen atoms in total. The number of aryl methyl sites for hydroxylation is 2. The smallest absolute Gasteiger partial charge is 0.0326 e. The quantitative estimate of drug-likeness (QED) is 0.766. The van der Waals surface area contributed by atoms with Crippen molar-refractivity contribution >= 4 is 11.3 Å². The van der Waals surface area contributed by atoms with E-state index in [4.69, 9.17) is 0 Å². The maximum atomic E-state index is 3.73. The van der Waals surface area contributed by atoms with Gasteiger partial charge in [0, 0.05) is 22.3 Å². The molecule has 1 unspecified atom stereocenters. The van der Waals surface area contributed by atoms with Crippen molar-refractivity contribution < 1.29 is 0 Å². The highest BCUT2D eigenvalue weighted by Crippen LogP contribution is 2.24. The maximum absolute atomic E-state index is 3.73. The summed E-state index contributed by atoms with van der Waals surface area (Å²) in [5.41, 5.74) is 2.80. The van der Waals surface area contributed by atoms with Crippen LogP contribution in [0.15, 0.2) is 36.4 Å². The third kappa shape index (κ3) is 4.19. The van der Waals surface area contributed by atoms with Crippen LogP contribution in [-0.4, -0.2) is 0 Å². The highest BCUT2D eigenvalue weighted by Gasteiger charge is 2.13. The van der Waals surface area contributed by atoms with Gasteiger partial charge in [-0.25, -0.2) is 0 Å². The molecular formula is C18H25NS. The zero-order valence-electron chi connectivity index (χ0n) is 12.9. The minimum Gasteiger partial charge on any atom is -0.305 e. The van der Waals surface area contributed by atoms with E-state index < -0.39 is 0 Å². The fraction of sp³-hybridized carbons (Fsp3) is 0.444. The second kappa shape index (κ2) is 7.05. The molecule has 1 atom stereocenters. The summed E-state index contributed by atoms with van der Waals surface area (Å²) < 4.78 is 0. The van der Waals surface area contributed by atoms with Crippen LogP contribution >= 0.6 is 11.3 Å². The SMILES string of the molecule is Cc1cc(CNC(CC(C)C)c2ccccc2)sc1C. The van der Waals surface area contributed by atoms with Gasteiger partial charge in [-0.1, -0.05) is 44.2 Å². The highest BCUT2D eigenvalue weighted by molar-refractivity contribution is 7.12. The molecule has 0 aliphatic rings. The molecule has 0 saturated heterocycles. The van der Waals surface area contributed by atoms with E-state index in [2.05, 4.69) is 69.4 Å². The predicted octanol–water partition coefficient (Wildman–Crippen LogP) is 5.24. The van der Waals surface area contributed by atoms with Gasteiger partial charge in [0.1, 0.15) is 0 Å². The van der Waals surface area contributed by atoms with Gasteiger partial charge in [-0.3, -0.25) is 0 Å². The fourth-order valence-corrected chi connectivity index (χ4v) is 3.46. The van der Waals surface area contributed by atoms with E-state index in [-0.39, 0.29) is 0 Å². The summed E-state index contributed by atoms with van der Waals surface area (Å²) >= 11 is 1.91. The second-order valence-electron chi connectivity index (χ2n) is 5.93. The molecule has 0 saturated carbocycles. The number of thiophene rings is 1. The van der Waals surface area contributed by atoms with Crippen molar-refractivity contribution in [1.82, 2.24) is 5.32 Å². The average Bonchev–Trinajstić information content (AvgIpc) is 2.74. The van der Waals surface area contributed by atoms with Crippen molar-refractivity contribution in [3.8, 4) is 0 Å². The van der Waals surface area contributed by atoms with Crippen LogP contribution in [0.1, 0.15) is 47.2 Å². The summed E-state index contributed by atoms with van der Waals surface area (Å²) in [7, 11) is 0. The highest BCUT2D eigenvalue weighted by atomic mass is 32.1. The molecule has 0 amide bonds. The first kappa shape index (κ1) is 15.3. The molecule has 2 heteroatoms. The lowest BCUT2D eigenvalue weighted by Crippen LogP contribution is -2.22. The van der Waals surface area contributed by atoms with Crippen LogP contribution in [-0.2, 0) is 6.54 Å². The van der Waals surface area contributed by atoms with Gasteiger partial charge < -0.3 is 5.32 Å². The first-order valence-electron chi connectivity index (χ1n) is 7.40. The van der Waals surface area contributed by atoms with Crippen LogP contribution < -0.4 is 5.32 Å². The van der Waals surface area contributed by atoms with Crippen molar-refractivity contribution in [2.24, 2.45) is 5.92 Å². The maximum Gasteiger partial charge on any atom is 0.0326 e. The largest absolute Gasteiger partial charge is 0.305 e. The third-order valence-corrected chi connectivity index (χ3v) is 4.80. The van der Waals surface area contributed by atoms with Crippen molar-refractivity contribution in [2.75, 3.05) is 0 Å². The molecule has 0 aliphatic heterocycles. The first-order chi connectivity index (χ1) is 9.56. The summed E-state index contributed by atoms with van der Waals surface area (Å²) in [4.78, 5) is 2.87. The zero-order valence-corrected chi connectivity index (χ0v) is 13.8.